The van der Waals surface area contributed by atoms with Gasteiger partial charge in [0.05, 0.1) is 17.3 Å². The van der Waals surface area contributed by atoms with Crippen LogP contribution in [0.5, 0.6) is 0 Å². The van der Waals surface area contributed by atoms with Crippen molar-refractivity contribution in [2.24, 2.45) is 0 Å². The lowest BCUT2D eigenvalue weighted by Gasteiger charge is -2.37. The van der Waals surface area contributed by atoms with Gasteiger partial charge in [-0.2, -0.15) is 0 Å². The predicted octanol–water partition coefficient (Wildman–Crippen LogP) is 5.29. The molecule has 0 saturated heterocycles. The SMILES string of the molecule is CCc1ccc(C(=O)OCC(=O)N2c3ccccc3SC[C@@H]2c2ccccc2)cc1. The minimum Gasteiger partial charge on any atom is -0.452 e. The van der Waals surface area contributed by atoms with Crippen molar-refractivity contribution in [3.05, 3.63) is 95.6 Å². The molecular formula is C25H23NO3S. The van der Waals surface area contributed by atoms with Crippen LogP contribution >= 0.6 is 11.8 Å². The van der Waals surface area contributed by atoms with Crippen LogP contribution in [0, 0.1) is 0 Å². The molecule has 0 spiro atoms. The highest BCUT2D eigenvalue weighted by atomic mass is 32.2. The average molecular weight is 418 g/mol. The Bertz CT molecular complexity index is 1030. The van der Waals surface area contributed by atoms with Crippen LogP contribution in [0.15, 0.2) is 83.8 Å². The lowest BCUT2D eigenvalue weighted by atomic mass is 10.1. The molecule has 4 rings (SSSR count). The van der Waals surface area contributed by atoms with E-state index in [4.69, 9.17) is 4.74 Å². The summed E-state index contributed by atoms with van der Waals surface area (Å²) in [6.07, 6.45) is 0.904. The smallest absolute Gasteiger partial charge is 0.338 e. The first-order valence-electron chi connectivity index (χ1n) is 10.0. The van der Waals surface area contributed by atoms with E-state index in [0.29, 0.717) is 5.56 Å². The van der Waals surface area contributed by atoms with Crippen LogP contribution in [0.25, 0.3) is 0 Å². The lowest BCUT2D eigenvalue weighted by Crippen LogP contribution is -2.41. The minimum atomic E-state index is -0.484. The molecular weight excluding hydrogens is 394 g/mol. The monoisotopic (exact) mass is 417 g/mol. The molecule has 1 atom stereocenters. The lowest BCUT2D eigenvalue weighted by molar-refractivity contribution is -0.122. The molecule has 1 amide bonds. The number of para-hydroxylation sites is 1. The zero-order valence-corrected chi connectivity index (χ0v) is 17.6. The van der Waals surface area contributed by atoms with Crippen molar-refractivity contribution >= 4 is 29.3 Å². The van der Waals surface area contributed by atoms with Crippen LogP contribution in [-0.4, -0.2) is 24.2 Å². The number of carbonyl (C=O) groups excluding carboxylic acids is 2. The summed E-state index contributed by atoms with van der Waals surface area (Å²) in [7, 11) is 0. The molecule has 1 aliphatic rings. The maximum atomic E-state index is 13.2. The summed E-state index contributed by atoms with van der Waals surface area (Å²) in [6, 6.07) is 25.0. The molecule has 4 nitrogen and oxygen atoms in total. The molecule has 0 bridgehead atoms. The summed E-state index contributed by atoms with van der Waals surface area (Å²) >= 11 is 1.74. The Balaban J connectivity index is 1.54. The Morgan fingerprint density at radius 1 is 0.967 bits per heavy atom. The van der Waals surface area contributed by atoms with E-state index in [9.17, 15) is 9.59 Å². The van der Waals surface area contributed by atoms with Crippen molar-refractivity contribution in [3.63, 3.8) is 0 Å². The predicted molar refractivity (Wildman–Crippen MR) is 120 cm³/mol. The molecule has 0 unspecified atom stereocenters. The topological polar surface area (TPSA) is 46.6 Å². The van der Waals surface area contributed by atoms with E-state index in [1.807, 2.05) is 66.7 Å². The average Bonchev–Trinajstić information content (AvgIpc) is 2.82. The number of carbonyl (C=O) groups is 2. The number of hydrogen-bond acceptors (Lipinski definition) is 4. The molecule has 0 fully saturated rings. The van der Waals surface area contributed by atoms with Crippen molar-refractivity contribution in [1.29, 1.82) is 0 Å². The maximum Gasteiger partial charge on any atom is 0.338 e. The number of esters is 1. The summed E-state index contributed by atoms with van der Waals surface area (Å²) in [5.74, 6) is 0.0381. The van der Waals surface area contributed by atoms with Gasteiger partial charge in [-0.05, 0) is 41.8 Å². The van der Waals surface area contributed by atoms with Gasteiger partial charge >= 0.3 is 5.97 Å². The molecule has 0 aliphatic carbocycles. The van der Waals surface area contributed by atoms with Gasteiger partial charge in [-0.3, -0.25) is 9.69 Å². The highest BCUT2D eigenvalue weighted by molar-refractivity contribution is 7.99. The van der Waals surface area contributed by atoms with Crippen molar-refractivity contribution in [2.75, 3.05) is 17.3 Å². The number of benzene rings is 3. The van der Waals surface area contributed by atoms with E-state index in [1.165, 1.54) is 0 Å². The first-order chi connectivity index (χ1) is 14.7. The summed E-state index contributed by atoms with van der Waals surface area (Å²) in [4.78, 5) is 28.5. The minimum absolute atomic E-state index is 0.110. The Morgan fingerprint density at radius 2 is 1.67 bits per heavy atom. The number of rotatable bonds is 5. The number of fused-ring (bicyclic) bond motifs is 1. The molecule has 0 radical (unpaired) electrons. The largest absolute Gasteiger partial charge is 0.452 e. The van der Waals surface area contributed by atoms with Crippen LogP contribution in [0.2, 0.25) is 0 Å². The fourth-order valence-corrected chi connectivity index (χ4v) is 4.74. The van der Waals surface area contributed by atoms with E-state index in [2.05, 4.69) is 6.92 Å². The highest BCUT2D eigenvalue weighted by Crippen LogP contribution is 2.43. The van der Waals surface area contributed by atoms with Crippen molar-refractivity contribution < 1.29 is 14.3 Å². The molecule has 30 heavy (non-hydrogen) atoms. The molecule has 0 saturated carbocycles. The number of amides is 1. The van der Waals surface area contributed by atoms with Gasteiger partial charge in [-0.1, -0.05) is 61.5 Å². The van der Waals surface area contributed by atoms with Crippen LogP contribution in [-0.2, 0) is 16.0 Å². The molecule has 3 aromatic carbocycles. The number of ether oxygens (including phenoxy) is 1. The van der Waals surface area contributed by atoms with Crippen molar-refractivity contribution in [3.8, 4) is 0 Å². The number of nitrogens with zero attached hydrogens (tertiary/aromatic N) is 1. The molecule has 1 heterocycles. The van der Waals surface area contributed by atoms with E-state index in [-0.39, 0.29) is 18.6 Å². The Hall–Kier alpha value is -3.05. The second-order valence-corrected chi connectivity index (χ2v) is 8.16. The third-order valence-corrected chi connectivity index (χ3v) is 6.35. The molecule has 5 heteroatoms. The van der Waals surface area contributed by atoms with Crippen LogP contribution < -0.4 is 4.90 Å². The zero-order valence-electron chi connectivity index (χ0n) is 16.8. The van der Waals surface area contributed by atoms with Crippen LogP contribution in [0.3, 0.4) is 0 Å². The Morgan fingerprint density at radius 3 is 2.40 bits per heavy atom. The van der Waals surface area contributed by atoms with Gasteiger partial charge < -0.3 is 4.74 Å². The van der Waals surface area contributed by atoms with E-state index in [1.54, 1.807) is 28.8 Å². The van der Waals surface area contributed by atoms with Crippen molar-refractivity contribution in [2.45, 2.75) is 24.3 Å². The molecule has 0 aromatic heterocycles. The van der Waals surface area contributed by atoms with Crippen molar-refractivity contribution in [1.82, 2.24) is 0 Å². The number of thioether (sulfide) groups is 1. The summed E-state index contributed by atoms with van der Waals surface area (Å²) in [5.41, 5.74) is 3.52. The first kappa shape index (κ1) is 20.2. The standard InChI is InChI=1S/C25H23NO3S/c1-2-18-12-14-20(15-13-18)25(28)29-16-24(27)26-21-10-6-7-11-23(21)30-17-22(26)19-8-4-3-5-9-19/h3-15,22H,2,16-17H2,1H3/t22-/m1/s1. The molecule has 3 aromatic rings. The van der Waals surface area contributed by atoms with Gasteiger partial charge in [0.2, 0.25) is 0 Å². The number of anilines is 1. The van der Waals surface area contributed by atoms with Gasteiger partial charge in [0.1, 0.15) is 0 Å². The van der Waals surface area contributed by atoms with Crippen LogP contribution in [0.1, 0.15) is 34.5 Å². The van der Waals surface area contributed by atoms with E-state index < -0.39 is 5.97 Å². The summed E-state index contributed by atoms with van der Waals surface area (Å²) in [5, 5.41) is 0. The fourth-order valence-electron chi connectivity index (χ4n) is 3.57. The fraction of sp³-hybridized carbons (Fsp3) is 0.200. The number of aryl methyl sites for hydroxylation is 1. The van der Waals surface area contributed by atoms with Gasteiger partial charge in [0.25, 0.3) is 5.91 Å². The molecule has 152 valence electrons. The molecule has 1 aliphatic heterocycles. The van der Waals surface area contributed by atoms with Gasteiger partial charge in [0, 0.05) is 10.6 Å². The third kappa shape index (κ3) is 4.26. The zero-order chi connectivity index (χ0) is 20.9. The van der Waals surface area contributed by atoms with Crippen LogP contribution in [0.4, 0.5) is 5.69 Å². The number of hydrogen-bond donors (Lipinski definition) is 0. The maximum absolute atomic E-state index is 13.2. The second-order valence-electron chi connectivity index (χ2n) is 7.10. The van der Waals surface area contributed by atoms with Gasteiger partial charge in [0.15, 0.2) is 6.61 Å². The Labute approximate surface area is 180 Å². The summed E-state index contributed by atoms with van der Waals surface area (Å²) < 4.78 is 5.38. The molecule has 0 N–H and O–H groups in total. The third-order valence-electron chi connectivity index (χ3n) is 5.21. The van der Waals surface area contributed by atoms with Gasteiger partial charge in [-0.15, -0.1) is 11.8 Å². The van der Waals surface area contributed by atoms with Gasteiger partial charge in [-0.25, -0.2) is 4.79 Å². The first-order valence-corrected chi connectivity index (χ1v) is 11.0. The van der Waals surface area contributed by atoms with E-state index in [0.717, 1.165) is 33.9 Å². The Kier molecular flexibility index (Phi) is 6.19. The normalized spacial score (nSPS) is 15.4. The quantitative estimate of drug-likeness (QED) is 0.530. The second kappa shape index (κ2) is 9.18. The highest BCUT2D eigenvalue weighted by Gasteiger charge is 2.32. The van der Waals surface area contributed by atoms with E-state index >= 15 is 0 Å². The summed E-state index contributed by atoms with van der Waals surface area (Å²) in [6.45, 7) is 1.76.